The van der Waals surface area contributed by atoms with E-state index >= 15 is 0 Å². The predicted molar refractivity (Wildman–Crippen MR) is 130 cm³/mol. The Kier molecular flexibility index (Phi) is 8.88. The van der Waals surface area contributed by atoms with E-state index in [1.807, 2.05) is 49.5 Å². The van der Waals surface area contributed by atoms with Crippen LogP contribution in [-0.2, 0) is 18.3 Å². The Bertz CT molecular complexity index is 989. The molecule has 0 radical (unpaired) electrons. The number of rotatable bonds is 12. The van der Waals surface area contributed by atoms with Gasteiger partial charge in [-0.25, -0.2) is 4.68 Å². The summed E-state index contributed by atoms with van der Waals surface area (Å²) in [7, 11) is 5.14. The average molecular weight is 454 g/mol. The van der Waals surface area contributed by atoms with Gasteiger partial charge in [0.25, 0.3) is 0 Å². The van der Waals surface area contributed by atoms with Crippen LogP contribution in [0.4, 0.5) is 0 Å². The van der Waals surface area contributed by atoms with Crippen LogP contribution in [0, 0.1) is 0 Å². The normalized spacial score (nSPS) is 13.2. The summed E-state index contributed by atoms with van der Waals surface area (Å²) in [5.41, 5.74) is 2.87. The van der Waals surface area contributed by atoms with Gasteiger partial charge in [0.1, 0.15) is 17.2 Å². The van der Waals surface area contributed by atoms with Crippen molar-refractivity contribution in [3.63, 3.8) is 0 Å². The fourth-order valence-electron chi connectivity index (χ4n) is 3.78. The number of hydrogen-bond donors (Lipinski definition) is 1. The Morgan fingerprint density at radius 3 is 2.30 bits per heavy atom. The molecular weight excluding hydrogens is 418 g/mol. The molecule has 1 N–H and O–H groups in total. The van der Waals surface area contributed by atoms with Gasteiger partial charge in [-0.1, -0.05) is 37.3 Å². The second-order valence-corrected chi connectivity index (χ2v) is 8.20. The van der Waals surface area contributed by atoms with Crippen molar-refractivity contribution in [1.82, 2.24) is 14.7 Å². The number of aliphatic hydroxyl groups is 1. The van der Waals surface area contributed by atoms with E-state index in [4.69, 9.17) is 19.3 Å². The fraction of sp³-hybridized carbons (Fsp3) is 0.423. The smallest absolute Gasteiger partial charge is 0.222 e. The van der Waals surface area contributed by atoms with Gasteiger partial charge >= 0.3 is 0 Å². The molecule has 7 heteroatoms. The molecule has 0 spiro atoms. The molecule has 178 valence electrons. The summed E-state index contributed by atoms with van der Waals surface area (Å²) < 4.78 is 18.5. The number of ether oxygens (including phenoxy) is 3. The van der Waals surface area contributed by atoms with Crippen LogP contribution in [0.5, 0.6) is 17.4 Å². The van der Waals surface area contributed by atoms with Gasteiger partial charge in [-0.3, -0.25) is 4.90 Å². The van der Waals surface area contributed by atoms with Crippen LogP contribution in [0.3, 0.4) is 0 Å². The zero-order valence-corrected chi connectivity index (χ0v) is 20.2. The molecule has 7 nitrogen and oxygen atoms in total. The first-order valence-electron chi connectivity index (χ1n) is 11.3. The number of aryl methyl sites for hydroxylation is 1. The molecule has 3 rings (SSSR count). The monoisotopic (exact) mass is 453 g/mol. The van der Waals surface area contributed by atoms with Crippen LogP contribution < -0.4 is 9.47 Å². The zero-order valence-electron chi connectivity index (χ0n) is 20.2. The van der Waals surface area contributed by atoms with Crippen molar-refractivity contribution in [1.29, 1.82) is 0 Å². The standard InChI is InChI=1S/C26H35N3O4/c1-6-19(2)29(16-21(30)18-31-4)17-24-25(20-10-8-7-9-11-20)27-28(3)26(24)33-23-14-12-22(32-5)13-15-23/h7-15,19,21,30H,6,16-18H2,1-5H3/t19-,21+/m1/s1. The van der Waals surface area contributed by atoms with Crippen molar-refractivity contribution in [2.75, 3.05) is 27.4 Å². The predicted octanol–water partition coefficient (Wildman–Crippen LogP) is 4.50. The van der Waals surface area contributed by atoms with E-state index in [0.29, 0.717) is 31.3 Å². The molecule has 0 amide bonds. The Balaban J connectivity index is 2.01. The third-order valence-electron chi connectivity index (χ3n) is 5.79. The summed E-state index contributed by atoms with van der Waals surface area (Å²) >= 11 is 0. The molecule has 2 aromatic carbocycles. The molecular formula is C26H35N3O4. The minimum absolute atomic E-state index is 0.258. The Morgan fingerprint density at radius 2 is 1.70 bits per heavy atom. The third-order valence-corrected chi connectivity index (χ3v) is 5.79. The van der Waals surface area contributed by atoms with E-state index in [9.17, 15) is 5.11 Å². The maximum Gasteiger partial charge on any atom is 0.222 e. The molecule has 0 fully saturated rings. The van der Waals surface area contributed by atoms with E-state index in [1.165, 1.54) is 0 Å². The van der Waals surface area contributed by atoms with E-state index in [1.54, 1.807) is 18.9 Å². The van der Waals surface area contributed by atoms with Gasteiger partial charge < -0.3 is 19.3 Å². The highest BCUT2D eigenvalue weighted by Gasteiger charge is 2.25. The third kappa shape index (κ3) is 6.35. The van der Waals surface area contributed by atoms with Crippen LogP contribution >= 0.6 is 0 Å². The van der Waals surface area contributed by atoms with E-state index < -0.39 is 6.10 Å². The molecule has 0 saturated carbocycles. The molecule has 2 atom stereocenters. The van der Waals surface area contributed by atoms with Gasteiger partial charge in [-0.2, -0.15) is 5.10 Å². The minimum atomic E-state index is -0.577. The molecule has 1 aromatic heterocycles. The summed E-state index contributed by atoms with van der Waals surface area (Å²) in [5.74, 6) is 2.15. The maximum absolute atomic E-state index is 10.5. The summed E-state index contributed by atoms with van der Waals surface area (Å²) in [6, 6.07) is 17.9. The molecule has 0 bridgehead atoms. The molecule has 1 heterocycles. The van der Waals surface area contributed by atoms with Crippen LogP contribution in [0.15, 0.2) is 54.6 Å². The molecule has 0 aliphatic rings. The quantitative estimate of drug-likeness (QED) is 0.436. The van der Waals surface area contributed by atoms with Crippen LogP contribution in [0.1, 0.15) is 25.8 Å². The SMILES string of the molecule is CC[C@@H](C)N(Cc1c(-c2ccccc2)nn(C)c1Oc1ccc(OC)cc1)C[C@H](O)COC. The van der Waals surface area contributed by atoms with Crippen molar-refractivity contribution in [3.05, 3.63) is 60.2 Å². The van der Waals surface area contributed by atoms with Gasteiger partial charge in [0, 0.05) is 38.9 Å². The highest BCUT2D eigenvalue weighted by molar-refractivity contribution is 5.65. The van der Waals surface area contributed by atoms with Crippen LogP contribution in [0.25, 0.3) is 11.3 Å². The highest BCUT2D eigenvalue weighted by atomic mass is 16.5. The Hall–Kier alpha value is -2.87. The van der Waals surface area contributed by atoms with Gasteiger partial charge in [0.2, 0.25) is 5.88 Å². The lowest BCUT2D eigenvalue weighted by Crippen LogP contribution is -2.39. The number of nitrogens with zero attached hydrogens (tertiary/aromatic N) is 3. The number of methoxy groups -OCH3 is 2. The van der Waals surface area contributed by atoms with Crippen molar-refractivity contribution in [2.24, 2.45) is 7.05 Å². The highest BCUT2D eigenvalue weighted by Crippen LogP contribution is 2.35. The molecule has 0 saturated heterocycles. The molecule has 3 aromatic rings. The van der Waals surface area contributed by atoms with Crippen molar-refractivity contribution < 1.29 is 19.3 Å². The van der Waals surface area contributed by atoms with Crippen molar-refractivity contribution in [2.45, 2.75) is 39.0 Å². The molecule has 0 unspecified atom stereocenters. The second-order valence-electron chi connectivity index (χ2n) is 8.20. The van der Waals surface area contributed by atoms with E-state index in [-0.39, 0.29) is 6.04 Å². The van der Waals surface area contributed by atoms with Gasteiger partial charge in [-0.15, -0.1) is 0 Å². The van der Waals surface area contributed by atoms with Gasteiger partial charge in [0.15, 0.2) is 0 Å². The van der Waals surface area contributed by atoms with E-state index in [2.05, 4.69) is 30.9 Å². The van der Waals surface area contributed by atoms with Crippen LogP contribution in [0.2, 0.25) is 0 Å². The zero-order chi connectivity index (χ0) is 23.8. The largest absolute Gasteiger partial charge is 0.497 e. The lowest BCUT2D eigenvalue weighted by molar-refractivity contribution is 0.0253. The number of hydrogen-bond acceptors (Lipinski definition) is 6. The lowest BCUT2D eigenvalue weighted by atomic mass is 10.1. The maximum atomic E-state index is 10.5. The number of aromatic nitrogens is 2. The fourth-order valence-corrected chi connectivity index (χ4v) is 3.78. The van der Waals surface area contributed by atoms with Crippen LogP contribution in [-0.4, -0.2) is 59.3 Å². The summed E-state index contributed by atoms with van der Waals surface area (Å²) in [4.78, 5) is 2.26. The topological polar surface area (TPSA) is 69.0 Å². The first-order valence-corrected chi connectivity index (χ1v) is 11.3. The average Bonchev–Trinajstić information content (AvgIpc) is 3.14. The second kappa shape index (κ2) is 11.8. The number of aliphatic hydroxyl groups excluding tert-OH is 1. The number of benzene rings is 2. The Labute approximate surface area is 196 Å². The first kappa shape index (κ1) is 24.8. The van der Waals surface area contributed by atoms with Crippen molar-refractivity contribution in [3.8, 4) is 28.6 Å². The lowest BCUT2D eigenvalue weighted by Gasteiger charge is -2.30. The summed E-state index contributed by atoms with van der Waals surface area (Å²) in [6.07, 6.45) is 0.377. The van der Waals surface area contributed by atoms with Gasteiger partial charge in [-0.05, 0) is 37.6 Å². The van der Waals surface area contributed by atoms with Gasteiger partial charge in [0.05, 0.1) is 25.4 Å². The molecule has 0 aliphatic heterocycles. The van der Waals surface area contributed by atoms with E-state index in [0.717, 1.165) is 29.0 Å². The Morgan fingerprint density at radius 1 is 1.03 bits per heavy atom. The minimum Gasteiger partial charge on any atom is -0.497 e. The van der Waals surface area contributed by atoms with Crippen molar-refractivity contribution >= 4 is 0 Å². The summed E-state index contributed by atoms with van der Waals surface area (Å²) in [5, 5.41) is 15.3. The molecule has 33 heavy (non-hydrogen) atoms. The molecule has 0 aliphatic carbocycles. The first-order chi connectivity index (χ1) is 16.0. The summed E-state index contributed by atoms with van der Waals surface area (Å²) in [6.45, 7) is 5.69.